The molecule has 0 aliphatic heterocycles. The summed E-state index contributed by atoms with van der Waals surface area (Å²) in [6.07, 6.45) is 0. The van der Waals surface area contributed by atoms with Gasteiger partial charge < -0.3 is 7.43 Å². The molecule has 118 valence electrons. The van der Waals surface area contributed by atoms with E-state index in [1.165, 1.54) is 27.0 Å². The van der Waals surface area contributed by atoms with Gasteiger partial charge in [-0.3, -0.25) is 0 Å². The van der Waals surface area contributed by atoms with E-state index in [0.717, 1.165) is 0 Å². The van der Waals surface area contributed by atoms with Crippen LogP contribution in [-0.2, 0) is 0 Å². The molecule has 3 heteroatoms. The van der Waals surface area contributed by atoms with Crippen LogP contribution in [0.3, 0.4) is 0 Å². The molecule has 3 aromatic carbocycles. The first-order chi connectivity index (χ1) is 10.9. The van der Waals surface area contributed by atoms with E-state index in [4.69, 9.17) is 1.37 Å². The maximum Gasteiger partial charge on any atom is 0.0194 e. The molecule has 0 atom stereocenters. The van der Waals surface area contributed by atoms with Gasteiger partial charge >= 0.3 is 0 Å². The summed E-state index contributed by atoms with van der Waals surface area (Å²) in [5, 5.41) is 0. The average molecular weight is 566 g/mol. The third-order valence-corrected chi connectivity index (χ3v) is 4.81. The maximum absolute atomic E-state index is 5.75. The first-order valence-electron chi connectivity index (χ1n) is 7.46. The zero-order chi connectivity index (χ0) is 15.6. The second-order valence-electron chi connectivity index (χ2n) is 4.30. The smallest absolute Gasteiger partial charge is 0.0194 e. The van der Waals surface area contributed by atoms with Gasteiger partial charge in [0.2, 0.25) is 0 Å². The van der Waals surface area contributed by atoms with Crippen molar-refractivity contribution in [1.29, 1.82) is 0 Å². The molecule has 0 fully saturated rings. The molecule has 0 heterocycles. The van der Waals surface area contributed by atoms with Crippen molar-refractivity contribution in [2.75, 3.05) is 0 Å². The fourth-order valence-corrected chi connectivity index (χ4v) is 3.50. The monoisotopic (exact) mass is 565 g/mol. The van der Waals surface area contributed by atoms with Gasteiger partial charge in [0.05, 0.1) is 0 Å². The van der Waals surface area contributed by atoms with Gasteiger partial charge in [-0.1, -0.05) is 67.3 Å². The molecule has 0 saturated carbocycles. The van der Waals surface area contributed by atoms with Crippen molar-refractivity contribution in [3.63, 3.8) is 0 Å². The van der Waals surface area contributed by atoms with Crippen molar-refractivity contribution in [3.05, 3.63) is 92.4 Å². The van der Waals surface area contributed by atoms with Crippen LogP contribution in [0.1, 0.15) is 8.77 Å². The van der Waals surface area contributed by atoms with Crippen LogP contribution < -0.4 is 0 Å². The molecule has 0 spiro atoms. The van der Waals surface area contributed by atoms with Crippen LogP contribution in [-0.4, -0.2) is 0 Å². The molecule has 0 radical (unpaired) electrons. The number of hydrogen-bond donors (Lipinski definition) is 0. The van der Waals surface area contributed by atoms with Gasteiger partial charge in [-0.05, 0) is 48.5 Å². The van der Waals surface area contributed by atoms with Gasteiger partial charge in [0, 0.05) is 52.1 Å². The van der Waals surface area contributed by atoms with Crippen molar-refractivity contribution < 1.29 is 32.5 Å². The van der Waals surface area contributed by atoms with Crippen LogP contribution in [0, 0.1) is 38.5 Å². The van der Waals surface area contributed by atoms with Crippen LogP contribution in [0.4, 0.5) is 0 Å². The molecule has 23 heavy (non-hydrogen) atoms. The van der Waals surface area contributed by atoms with Gasteiger partial charge in [0.15, 0.2) is 0 Å². The standard InChI is InChI=1S/C18H14S2.CH4.CH3.U/c1-3-7-15(8-4-1)19-17-11-13-18(14-12-17)20-16-9-5-2-6-10-16;;;/h1-14H;1H4;1H3;/q;;-1;/i;1T;;. The van der Waals surface area contributed by atoms with E-state index in [1.807, 2.05) is 12.1 Å². The largest absolute Gasteiger partial charge is 0.358 e. The second-order valence-corrected chi connectivity index (χ2v) is 6.60. The Kier molecular flexibility index (Phi) is 10.6. The van der Waals surface area contributed by atoms with Crippen molar-refractivity contribution in [3.8, 4) is 0 Å². The maximum atomic E-state index is 5.75. The minimum Gasteiger partial charge on any atom is -0.358 e. The number of hydrogen-bond acceptors (Lipinski definition) is 2. The Morgan fingerprint density at radius 3 is 1.09 bits per heavy atom. The minimum absolute atomic E-state index is 0. The Labute approximate surface area is 174 Å². The van der Waals surface area contributed by atoms with Crippen molar-refractivity contribution >= 4 is 23.5 Å². The second kappa shape index (κ2) is 11.9. The predicted octanol–water partition coefficient (Wildman–Crippen LogP) is 7.08. The number of benzene rings is 3. The average Bonchev–Trinajstić information content (AvgIpc) is 2.60. The van der Waals surface area contributed by atoms with E-state index >= 15 is 0 Å². The Morgan fingerprint density at radius 2 is 0.783 bits per heavy atom. The normalized spacial score (nSPS) is 9.35. The molecule has 0 N–H and O–H groups in total. The van der Waals surface area contributed by atoms with E-state index in [-0.39, 0.29) is 38.5 Å². The molecule has 0 aliphatic carbocycles. The van der Waals surface area contributed by atoms with Gasteiger partial charge in [-0.25, -0.2) is 0 Å². The summed E-state index contributed by atoms with van der Waals surface area (Å²) in [5.41, 5.74) is 0. The fourth-order valence-electron chi connectivity index (χ4n) is 1.82. The Morgan fingerprint density at radius 1 is 0.522 bits per heavy atom. The molecular formula is C20H21S2U-. The van der Waals surface area contributed by atoms with Crippen LogP contribution in [0.5, 0.6) is 0 Å². The summed E-state index contributed by atoms with van der Waals surface area (Å²) in [5.74, 6) is 0. The van der Waals surface area contributed by atoms with Crippen LogP contribution >= 0.6 is 23.5 Å². The van der Waals surface area contributed by atoms with E-state index < -0.39 is 0 Å². The minimum atomic E-state index is 0. The van der Waals surface area contributed by atoms with Gasteiger partial charge in [-0.15, -0.1) is 0 Å². The van der Waals surface area contributed by atoms with E-state index in [2.05, 4.69) is 72.8 Å². The van der Waals surface area contributed by atoms with Crippen molar-refractivity contribution in [2.45, 2.75) is 27.0 Å². The summed E-state index contributed by atoms with van der Waals surface area (Å²) in [6, 6.07) is 29.7. The summed E-state index contributed by atoms with van der Waals surface area (Å²) in [7, 11) is 1.25. The van der Waals surface area contributed by atoms with Gasteiger partial charge in [0.25, 0.3) is 0 Å². The molecule has 0 aromatic heterocycles. The zero-order valence-corrected chi connectivity index (χ0v) is 19.2. The van der Waals surface area contributed by atoms with Gasteiger partial charge in [0.1, 0.15) is 0 Å². The summed E-state index contributed by atoms with van der Waals surface area (Å²) in [6.45, 7) is 0. The van der Waals surface area contributed by atoms with Crippen LogP contribution in [0.15, 0.2) is 105 Å². The SMILES string of the molecule is [3H]C.[CH3-].[U].c1ccc(Sc2ccc(Sc3ccccc3)cc2)cc1. The van der Waals surface area contributed by atoms with Crippen molar-refractivity contribution in [2.24, 2.45) is 0 Å². The molecule has 0 aliphatic rings. The molecular weight excluding hydrogens is 542 g/mol. The Balaban J connectivity index is 0.00000128. The predicted molar refractivity (Wildman–Crippen MR) is 101 cm³/mol. The van der Waals surface area contributed by atoms with Gasteiger partial charge in [-0.2, -0.15) is 0 Å². The first kappa shape index (κ1) is 20.5. The quantitative estimate of drug-likeness (QED) is 0.310. The fraction of sp³-hybridized carbons (Fsp3) is 0.0500. The third kappa shape index (κ3) is 7.23. The van der Waals surface area contributed by atoms with Crippen molar-refractivity contribution in [1.82, 2.24) is 0 Å². The molecule has 0 saturated heterocycles. The van der Waals surface area contributed by atoms with E-state index in [0.29, 0.717) is 0 Å². The summed E-state index contributed by atoms with van der Waals surface area (Å²) < 4.78 is 5.75. The van der Waals surface area contributed by atoms with Crippen LogP contribution in [0.25, 0.3) is 0 Å². The van der Waals surface area contributed by atoms with Crippen LogP contribution in [0.2, 0.25) is 0 Å². The molecule has 0 amide bonds. The molecule has 0 unspecified atom stereocenters. The third-order valence-electron chi connectivity index (χ3n) is 2.78. The Hall–Kier alpha value is -0.588. The zero-order valence-electron chi connectivity index (χ0n) is 14.4. The summed E-state index contributed by atoms with van der Waals surface area (Å²) in [4.78, 5) is 5.09. The molecule has 3 aromatic rings. The molecule has 3 rings (SSSR count). The molecule has 0 nitrogen and oxygen atoms in total. The number of rotatable bonds is 4. The topological polar surface area (TPSA) is 0 Å². The first-order valence-corrected chi connectivity index (χ1v) is 8.09. The Bertz CT molecular complexity index is 598. The summed E-state index contributed by atoms with van der Waals surface area (Å²) >= 11 is 3.59. The molecule has 0 bridgehead atoms. The van der Waals surface area contributed by atoms with E-state index in [1.54, 1.807) is 23.5 Å². The van der Waals surface area contributed by atoms with E-state index in [9.17, 15) is 0 Å².